The fraction of sp³-hybridized carbons (Fsp3) is 0.367. The number of nitrogens with one attached hydrogen (secondary N) is 3. The number of fused-ring (bicyclic) bond motifs is 2. The lowest BCUT2D eigenvalue weighted by Crippen LogP contribution is -2.43. The van der Waals surface area contributed by atoms with Gasteiger partial charge in [-0.25, -0.2) is 9.37 Å². The van der Waals surface area contributed by atoms with Crippen LogP contribution in [0.15, 0.2) is 47.4 Å². The van der Waals surface area contributed by atoms with Gasteiger partial charge in [-0.3, -0.25) is 9.59 Å². The van der Waals surface area contributed by atoms with Crippen LogP contribution >= 0.6 is 0 Å². The summed E-state index contributed by atoms with van der Waals surface area (Å²) >= 11 is 0. The van der Waals surface area contributed by atoms with Crippen LogP contribution in [-0.2, 0) is 6.54 Å². The number of aromatic amines is 2. The van der Waals surface area contributed by atoms with E-state index in [1.807, 2.05) is 17.0 Å². The molecular weight excluding hydrogens is 538 g/mol. The minimum absolute atomic E-state index is 0.0310. The normalized spacial score (nSPS) is 16.6. The molecule has 2 aromatic heterocycles. The van der Waals surface area contributed by atoms with Crippen molar-refractivity contribution in [3.05, 3.63) is 69.9 Å². The highest BCUT2D eigenvalue weighted by molar-refractivity contribution is 6.53. The van der Waals surface area contributed by atoms with E-state index in [-0.39, 0.29) is 36.5 Å². The Balaban J connectivity index is 1.17. The summed E-state index contributed by atoms with van der Waals surface area (Å²) in [5, 5.41) is 13.7. The highest BCUT2D eigenvalue weighted by Gasteiger charge is 2.34. The third-order valence-corrected chi connectivity index (χ3v) is 8.11. The fourth-order valence-corrected chi connectivity index (χ4v) is 5.77. The Kier molecular flexibility index (Phi) is 7.74. The monoisotopic (exact) mass is 571 g/mol. The molecule has 0 aliphatic carbocycles. The van der Waals surface area contributed by atoms with Gasteiger partial charge in [0.2, 0.25) is 0 Å². The van der Waals surface area contributed by atoms with E-state index in [0.717, 1.165) is 37.0 Å². The molecular formula is C30H33BFN6O4. The molecule has 0 spiro atoms. The van der Waals surface area contributed by atoms with Gasteiger partial charge < -0.3 is 34.9 Å². The topological polar surface area (TPSA) is 127 Å². The molecule has 1 fully saturated rings. The lowest BCUT2D eigenvalue weighted by Gasteiger charge is -2.34. The van der Waals surface area contributed by atoms with E-state index in [9.17, 15) is 19.1 Å². The molecule has 10 nitrogen and oxygen atoms in total. The summed E-state index contributed by atoms with van der Waals surface area (Å²) in [6, 6.07) is 9.90. The highest BCUT2D eigenvalue weighted by atomic mass is 19.1. The average Bonchev–Trinajstić information content (AvgIpc) is 3.54. The number of H-pyrrole nitrogens is 2. The predicted molar refractivity (Wildman–Crippen MR) is 160 cm³/mol. The molecule has 4 aromatic rings. The first-order valence-corrected chi connectivity index (χ1v) is 14.2. The summed E-state index contributed by atoms with van der Waals surface area (Å²) in [6.45, 7) is 4.38. The van der Waals surface area contributed by atoms with Gasteiger partial charge in [-0.2, -0.15) is 0 Å². The van der Waals surface area contributed by atoms with Crippen LogP contribution < -0.4 is 21.1 Å². The molecule has 2 aromatic carbocycles. The molecule has 4 heterocycles. The van der Waals surface area contributed by atoms with Crippen molar-refractivity contribution in [3.8, 4) is 17.1 Å². The Labute approximate surface area is 243 Å². The smallest absolute Gasteiger partial charge is 0.261 e. The summed E-state index contributed by atoms with van der Waals surface area (Å²) in [6.07, 6.45) is 2.54. The number of hydrogen-bond acceptors (Lipinski definition) is 7. The van der Waals surface area contributed by atoms with Crippen LogP contribution in [0.5, 0.6) is 5.75 Å². The van der Waals surface area contributed by atoms with Gasteiger partial charge in [0.05, 0.1) is 16.7 Å². The number of hydrogen-bond donors (Lipinski definition) is 4. The number of aliphatic hydroxyl groups is 1. The predicted octanol–water partition coefficient (Wildman–Crippen LogP) is 2.34. The molecule has 12 heteroatoms. The minimum atomic E-state index is -0.913. The van der Waals surface area contributed by atoms with Crippen LogP contribution in [0.25, 0.3) is 22.4 Å². The van der Waals surface area contributed by atoms with Gasteiger partial charge in [-0.15, -0.1) is 0 Å². The lowest BCUT2D eigenvalue weighted by atomic mass is 9.73. The molecule has 1 radical (unpaired) electrons. The molecule has 2 aliphatic heterocycles. The number of aromatic nitrogens is 3. The molecule has 42 heavy (non-hydrogen) atoms. The van der Waals surface area contributed by atoms with Crippen LogP contribution in [-0.4, -0.2) is 88.5 Å². The summed E-state index contributed by atoms with van der Waals surface area (Å²) in [4.78, 5) is 41.1. The van der Waals surface area contributed by atoms with Crippen molar-refractivity contribution in [2.75, 3.05) is 38.6 Å². The molecule has 6 rings (SSSR count). The van der Waals surface area contributed by atoms with Gasteiger partial charge in [0, 0.05) is 30.9 Å². The van der Waals surface area contributed by atoms with E-state index in [4.69, 9.17) is 4.74 Å². The second kappa shape index (κ2) is 11.6. The highest BCUT2D eigenvalue weighted by Crippen LogP contribution is 2.32. The van der Waals surface area contributed by atoms with E-state index >= 15 is 0 Å². The van der Waals surface area contributed by atoms with E-state index in [2.05, 4.69) is 32.2 Å². The van der Waals surface area contributed by atoms with Gasteiger partial charge in [-0.1, -0.05) is 6.82 Å². The Morgan fingerprint density at radius 3 is 2.81 bits per heavy atom. The largest absolute Gasteiger partial charge is 0.491 e. The zero-order chi connectivity index (χ0) is 29.4. The van der Waals surface area contributed by atoms with Crippen molar-refractivity contribution in [1.29, 1.82) is 0 Å². The summed E-state index contributed by atoms with van der Waals surface area (Å²) < 4.78 is 19.2. The van der Waals surface area contributed by atoms with E-state index in [1.54, 1.807) is 20.2 Å². The molecule has 0 bridgehead atoms. The van der Waals surface area contributed by atoms with Crippen LogP contribution in [0.4, 0.5) is 10.1 Å². The molecule has 1 atom stereocenters. The SMILES string of the molecule is C[B]c1cc(F)ccc1OC[C@H](O)CNc1cc[nH]c(=O)c1-c1nc2cc3c(cc2[nH]1)CN(C1CCN(C)CC1)C3=O. The summed E-state index contributed by atoms with van der Waals surface area (Å²) in [5.41, 5.74) is 3.99. The second-order valence-corrected chi connectivity index (χ2v) is 11.0. The molecule has 2 aliphatic rings. The Bertz CT molecular complexity index is 1680. The molecule has 0 saturated carbocycles. The van der Waals surface area contributed by atoms with E-state index in [0.29, 0.717) is 45.9 Å². The van der Waals surface area contributed by atoms with Gasteiger partial charge in [0.15, 0.2) is 7.28 Å². The maximum absolute atomic E-state index is 13.5. The van der Waals surface area contributed by atoms with Crippen molar-refractivity contribution in [2.45, 2.75) is 38.4 Å². The number of amides is 1. The molecule has 4 N–H and O–H groups in total. The van der Waals surface area contributed by atoms with E-state index in [1.165, 1.54) is 24.4 Å². The molecule has 1 amide bonds. The first kappa shape index (κ1) is 28.0. The number of benzene rings is 2. The van der Waals surface area contributed by atoms with Crippen molar-refractivity contribution < 1.29 is 19.0 Å². The van der Waals surface area contributed by atoms with Gasteiger partial charge in [0.1, 0.15) is 35.7 Å². The number of ether oxygens (including phenoxy) is 1. The third kappa shape index (κ3) is 5.51. The van der Waals surface area contributed by atoms with Gasteiger partial charge in [0.25, 0.3) is 11.5 Å². The number of rotatable bonds is 9. The second-order valence-electron chi connectivity index (χ2n) is 11.0. The number of imidazole rings is 1. The Morgan fingerprint density at radius 1 is 1.21 bits per heavy atom. The first-order valence-electron chi connectivity index (χ1n) is 14.2. The quantitative estimate of drug-likeness (QED) is 0.227. The lowest BCUT2D eigenvalue weighted by molar-refractivity contribution is 0.0617. The summed E-state index contributed by atoms with van der Waals surface area (Å²) in [7, 11) is 3.84. The maximum Gasteiger partial charge on any atom is 0.261 e. The van der Waals surface area contributed by atoms with Crippen molar-refractivity contribution in [1.82, 2.24) is 24.8 Å². The zero-order valence-corrected chi connectivity index (χ0v) is 23.6. The zero-order valence-electron chi connectivity index (χ0n) is 23.6. The van der Waals surface area contributed by atoms with Gasteiger partial charge in [-0.05, 0) is 80.4 Å². The Hall–Kier alpha value is -4.16. The number of nitrogens with zero attached hydrogens (tertiary/aromatic N) is 3. The standard InChI is InChI=1S/C30H33BFN6O4/c1-31-22-12-18(32)3-4-26(22)42-16-20(39)14-34-23-5-8-33-29(40)27(23)28-35-24-11-17-15-38(19-6-9-37(2)10-7-19)30(41)21(17)13-25(24)36-28/h3-5,8,11-13,19-20,39H,6-7,9-10,14-16H2,1-2H3,(H,35,36)(H2,33,34,40)/t20-/m1/s1. The number of carbonyl (C=O) groups excluding carboxylic acids is 1. The number of halogens is 1. The number of anilines is 1. The van der Waals surface area contributed by atoms with Crippen molar-refractivity contribution >= 4 is 35.4 Å². The number of pyridine rings is 1. The van der Waals surface area contributed by atoms with E-state index < -0.39 is 6.10 Å². The maximum atomic E-state index is 13.5. The molecule has 0 unspecified atom stereocenters. The van der Waals surface area contributed by atoms with Crippen LogP contribution in [0.1, 0.15) is 28.8 Å². The molecule has 217 valence electrons. The van der Waals surface area contributed by atoms with Crippen LogP contribution in [0.3, 0.4) is 0 Å². The minimum Gasteiger partial charge on any atom is -0.491 e. The number of piperidine rings is 1. The Morgan fingerprint density at radius 2 is 2.02 bits per heavy atom. The number of aliphatic hydroxyl groups excluding tert-OH is 1. The first-order chi connectivity index (χ1) is 20.3. The third-order valence-electron chi connectivity index (χ3n) is 8.11. The summed E-state index contributed by atoms with van der Waals surface area (Å²) in [5.74, 6) is 0.498. The van der Waals surface area contributed by atoms with Crippen molar-refractivity contribution in [2.24, 2.45) is 0 Å². The van der Waals surface area contributed by atoms with Crippen LogP contribution in [0.2, 0.25) is 6.82 Å². The number of likely N-dealkylation sites (tertiary alicyclic amines) is 1. The average molecular weight is 571 g/mol. The fourth-order valence-electron chi connectivity index (χ4n) is 5.77. The molecule has 1 saturated heterocycles. The van der Waals surface area contributed by atoms with Crippen LogP contribution in [0, 0.1) is 5.82 Å². The number of carbonyl (C=O) groups is 1. The van der Waals surface area contributed by atoms with Crippen molar-refractivity contribution in [3.63, 3.8) is 0 Å². The van der Waals surface area contributed by atoms with Gasteiger partial charge >= 0.3 is 0 Å².